The van der Waals surface area contributed by atoms with Crippen LogP contribution in [0.5, 0.6) is 0 Å². The summed E-state index contributed by atoms with van der Waals surface area (Å²) in [5, 5.41) is 0. The molecule has 0 amide bonds. The van der Waals surface area contributed by atoms with Crippen LogP contribution in [-0.2, 0) is 17.1 Å². The molecule has 0 N–H and O–H groups in total. The molecule has 104 valence electrons. The van der Waals surface area contributed by atoms with Crippen molar-refractivity contribution in [3.63, 3.8) is 0 Å². The number of rotatable bonds is 1. The molecular weight excluding hydrogens is 264 g/mol. The van der Waals surface area contributed by atoms with Gasteiger partial charge >= 0.3 is 0 Å². The van der Waals surface area contributed by atoms with Gasteiger partial charge in [-0.1, -0.05) is 34.6 Å². The van der Waals surface area contributed by atoms with Gasteiger partial charge in [-0.05, 0) is 0 Å². The van der Waals surface area contributed by atoms with Gasteiger partial charge in [0.25, 0.3) is 0 Å². The van der Waals surface area contributed by atoms with Crippen LogP contribution in [0.4, 0.5) is 0 Å². The van der Waals surface area contributed by atoms with E-state index in [9.17, 15) is 4.79 Å². The fraction of sp³-hybridized carbons (Fsp3) is 0.312. The van der Waals surface area contributed by atoms with Crippen molar-refractivity contribution in [1.82, 2.24) is 0 Å². The van der Waals surface area contributed by atoms with Crippen LogP contribution >= 0.6 is 0 Å². The Balaban J connectivity index is 0.000000321. The van der Waals surface area contributed by atoms with E-state index in [-0.39, 0.29) is 17.1 Å². The normalized spacial score (nSPS) is 9.17. The van der Waals surface area contributed by atoms with Crippen LogP contribution in [0.1, 0.15) is 38.2 Å². The topological polar surface area (TPSA) is 17.1 Å². The van der Waals surface area contributed by atoms with Crippen molar-refractivity contribution in [2.24, 2.45) is 0 Å². The molecule has 0 saturated carbocycles. The molecule has 0 bridgehead atoms. The summed E-state index contributed by atoms with van der Waals surface area (Å²) in [5.74, 6) is 0. The number of carbonyl (C=O) groups excluding carboxylic acids is 1. The van der Waals surface area contributed by atoms with Gasteiger partial charge in [0.05, 0.1) is 0 Å². The monoisotopic (exact) mass is 284 g/mol. The molecule has 2 aromatic rings. The smallest absolute Gasteiger partial charge is 0 e. The fourth-order valence-electron chi connectivity index (χ4n) is 1.87. The van der Waals surface area contributed by atoms with Crippen molar-refractivity contribution in [2.45, 2.75) is 34.6 Å². The Kier molecular flexibility index (Phi) is 6.90. The molecule has 2 aromatic carbocycles. The standard InChI is InChI=1S/C10H15.C6H5O.Fe/c1-6-7(2)9(4)10(5)8(6)3;7-5-6-3-1-2-4-6;/h1-5H3;1-5H;/q-1;-5;. The second kappa shape index (κ2) is 7.35. The number of hydrogen-bond donors (Lipinski definition) is 0. The molecule has 1 nitrogen and oxygen atoms in total. The van der Waals surface area contributed by atoms with E-state index in [1.165, 1.54) is 27.8 Å². The summed E-state index contributed by atoms with van der Waals surface area (Å²) in [7, 11) is 0. The molecule has 0 aromatic heterocycles. The zero-order valence-corrected chi connectivity index (χ0v) is 12.8. The summed E-state index contributed by atoms with van der Waals surface area (Å²) < 4.78 is 0. The number of carbonyl (C=O) groups is 1. The van der Waals surface area contributed by atoms with E-state index in [0.29, 0.717) is 0 Å². The second-order valence-corrected chi connectivity index (χ2v) is 4.46. The Morgan fingerprint density at radius 3 is 1.50 bits per heavy atom. The minimum atomic E-state index is 0. The van der Waals surface area contributed by atoms with Crippen LogP contribution in [0, 0.1) is 34.6 Å². The van der Waals surface area contributed by atoms with Gasteiger partial charge in [-0.15, -0.1) is 0 Å². The van der Waals surface area contributed by atoms with Gasteiger partial charge in [0.15, 0.2) is 0 Å². The molecule has 0 aliphatic heterocycles. The Bertz CT molecular complexity index is 409. The maximum absolute atomic E-state index is 9.87. The molecule has 0 saturated heterocycles. The maximum atomic E-state index is 9.87. The van der Waals surface area contributed by atoms with E-state index >= 15 is 0 Å². The third-order valence-corrected chi connectivity index (χ3v) is 3.64. The maximum Gasteiger partial charge on any atom is 0 e. The predicted octanol–water partition coefficient (Wildman–Crippen LogP) is 4.16. The van der Waals surface area contributed by atoms with Crippen LogP contribution in [0.2, 0.25) is 0 Å². The van der Waals surface area contributed by atoms with Crippen molar-refractivity contribution >= 4 is 6.29 Å². The Labute approximate surface area is 120 Å². The van der Waals surface area contributed by atoms with Crippen LogP contribution in [-0.4, -0.2) is 6.29 Å². The molecule has 0 unspecified atom stereocenters. The molecule has 2 rings (SSSR count). The zero-order valence-electron chi connectivity index (χ0n) is 11.6. The van der Waals surface area contributed by atoms with Gasteiger partial charge < -0.3 is 34.6 Å². The third kappa shape index (κ3) is 3.69. The Morgan fingerprint density at radius 2 is 1.33 bits per heavy atom. The van der Waals surface area contributed by atoms with Crippen molar-refractivity contribution < 1.29 is 21.9 Å². The molecule has 2 heteroatoms. The first-order chi connectivity index (χ1) is 7.99. The molecule has 0 atom stereocenters. The van der Waals surface area contributed by atoms with Crippen LogP contribution in [0.3, 0.4) is 0 Å². The fourth-order valence-corrected chi connectivity index (χ4v) is 1.87. The Morgan fingerprint density at radius 1 is 0.944 bits per heavy atom. The number of aldehydes is 1. The van der Waals surface area contributed by atoms with Gasteiger partial charge in [-0.25, -0.2) is 0 Å². The quantitative estimate of drug-likeness (QED) is 0.436. The average Bonchev–Trinajstić information content (AvgIpc) is 2.92. The van der Waals surface area contributed by atoms with Crippen LogP contribution < -0.4 is 0 Å². The van der Waals surface area contributed by atoms with E-state index in [2.05, 4.69) is 34.6 Å². The molecule has 0 heterocycles. The second-order valence-electron chi connectivity index (χ2n) is 4.46. The number of hydrogen-bond acceptors (Lipinski definition) is 1. The van der Waals surface area contributed by atoms with Crippen molar-refractivity contribution in [3.8, 4) is 0 Å². The summed E-state index contributed by atoms with van der Waals surface area (Å²) in [6.07, 6.45) is 0.833. The first-order valence-corrected chi connectivity index (χ1v) is 5.85. The van der Waals surface area contributed by atoms with Gasteiger partial charge in [0, 0.05) is 17.1 Å². The molecular formula is C16H20FeO-6. The minimum Gasteiger partial charge on any atom is -0.721 e. The first kappa shape index (κ1) is 16.9. The molecule has 0 aliphatic carbocycles. The van der Waals surface area contributed by atoms with Crippen molar-refractivity contribution in [3.05, 3.63) is 57.6 Å². The first-order valence-electron chi connectivity index (χ1n) is 5.85. The summed E-state index contributed by atoms with van der Waals surface area (Å²) >= 11 is 0. The van der Waals surface area contributed by atoms with Gasteiger partial charge in [-0.3, -0.25) is 6.29 Å². The minimum absolute atomic E-state index is 0. The summed E-state index contributed by atoms with van der Waals surface area (Å²) in [5.41, 5.74) is 8.09. The molecule has 18 heavy (non-hydrogen) atoms. The molecule has 0 spiro atoms. The molecule has 0 radical (unpaired) electrons. The van der Waals surface area contributed by atoms with E-state index in [1.54, 1.807) is 12.1 Å². The predicted molar refractivity (Wildman–Crippen MR) is 73.1 cm³/mol. The average molecular weight is 284 g/mol. The van der Waals surface area contributed by atoms with E-state index in [4.69, 9.17) is 0 Å². The van der Waals surface area contributed by atoms with E-state index in [1.807, 2.05) is 12.1 Å². The van der Waals surface area contributed by atoms with Gasteiger partial charge in [0.2, 0.25) is 0 Å². The van der Waals surface area contributed by atoms with Gasteiger partial charge in [0.1, 0.15) is 0 Å². The van der Waals surface area contributed by atoms with Crippen LogP contribution in [0.25, 0.3) is 0 Å². The van der Waals surface area contributed by atoms with E-state index in [0.717, 1.165) is 11.8 Å². The van der Waals surface area contributed by atoms with E-state index < -0.39 is 0 Å². The summed E-state index contributed by atoms with van der Waals surface area (Å²) in [6, 6.07) is 7.22. The Hall–Kier alpha value is -1.11. The molecule has 0 aliphatic rings. The van der Waals surface area contributed by atoms with Crippen molar-refractivity contribution in [1.29, 1.82) is 0 Å². The SMILES string of the molecule is Cc1c(C)c(C)[c-](C)c1C.O=C[c-]1[cH-][cH-][cH-][cH-]1.[Fe]. The third-order valence-electron chi connectivity index (χ3n) is 3.64. The van der Waals surface area contributed by atoms with Gasteiger partial charge in [-0.2, -0.15) is 27.8 Å². The molecule has 0 fully saturated rings. The summed E-state index contributed by atoms with van der Waals surface area (Å²) in [6.45, 7) is 11.0. The summed E-state index contributed by atoms with van der Waals surface area (Å²) in [4.78, 5) is 9.87. The largest absolute Gasteiger partial charge is 0.721 e. The van der Waals surface area contributed by atoms with Crippen molar-refractivity contribution in [2.75, 3.05) is 0 Å². The van der Waals surface area contributed by atoms with Crippen LogP contribution in [0.15, 0.2) is 24.3 Å². The zero-order chi connectivity index (χ0) is 13.0.